The van der Waals surface area contributed by atoms with E-state index in [0.29, 0.717) is 33.4 Å². The number of hydrogen-bond acceptors (Lipinski definition) is 4. The van der Waals surface area contributed by atoms with Gasteiger partial charge >= 0.3 is 0 Å². The van der Waals surface area contributed by atoms with Gasteiger partial charge in [-0.05, 0) is 29.8 Å². The molecule has 7 heteroatoms. The number of rotatable bonds is 6. The quantitative estimate of drug-likeness (QED) is 0.625. The van der Waals surface area contributed by atoms with Crippen LogP contribution in [0.4, 0.5) is 0 Å². The molecular formula is C16H13Cl2N3OS. The third-order valence-corrected chi connectivity index (χ3v) is 4.48. The Morgan fingerprint density at radius 3 is 2.70 bits per heavy atom. The summed E-state index contributed by atoms with van der Waals surface area (Å²) < 4.78 is 5.62. The maximum absolute atomic E-state index is 6.15. The normalized spacial score (nSPS) is 10.7. The van der Waals surface area contributed by atoms with Crippen molar-refractivity contribution in [3.05, 3.63) is 70.0 Å². The maximum atomic E-state index is 6.15. The zero-order chi connectivity index (χ0) is 16.1. The molecule has 0 fully saturated rings. The molecule has 1 N–H and O–H groups in total. The highest BCUT2D eigenvalue weighted by molar-refractivity contribution is 7.98. The number of benzene rings is 2. The van der Waals surface area contributed by atoms with Crippen molar-refractivity contribution in [2.75, 3.05) is 0 Å². The number of aromatic nitrogens is 3. The van der Waals surface area contributed by atoms with Crippen LogP contribution in [0.2, 0.25) is 10.0 Å². The van der Waals surface area contributed by atoms with Crippen LogP contribution in [0.1, 0.15) is 11.4 Å². The molecule has 0 saturated carbocycles. The number of hydrogen-bond donors (Lipinski definition) is 1. The first-order valence-corrected chi connectivity index (χ1v) is 8.61. The second-order valence-electron chi connectivity index (χ2n) is 4.69. The van der Waals surface area contributed by atoms with Gasteiger partial charge in [0, 0.05) is 15.8 Å². The molecule has 118 valence electrons. The molecule has 3 rings (SSSR count). The van der Waals surface area contributed by atoms with Gasteiger partial charge in [-0.3, -0.25) is 5.10 Å². The number of nitrogens with one attached hydrogen (secondary N) is 1. The van der Waals surface area contributed by atoms with Gasteiger partial charge in [-0.2, -0.15) is 0 Å². The molecule has 2 aromatic carbocycles. The largest absolute Gasteiger partial charge is 0.486 e. The lowest BCUT2D eigenvalue weighted by Gasteiger charge is -2.03. The smallest absolute Gasteiger partial charge is 0.208 e. The van der Waals surface area contributed by atoms with Crippen LogP contribution >= 0.6 is 35.0 Å². The van der Waals surface area contributed by atoms with Gasteiger partial charge in [-0.15, -0.1) is 5.10 Å². The molecule has 1 aromatic heterocycles. The Kier molecular flexibility index (Phi) is 5.43. The molecule has 0 unspecified atom stereocenters. The van der Waals surface area contributed by atoms with Crippen LogP contribution in [0.15, 0.2) is 53.7 Å². The Labute approximate surface area is 148 Å². The third-order valence-electron chi connectivity index (χ3n) is 3.00. The second kappa shape index (κ2) is 7.73. The first kappa shape index (κ1) is 16.2. The van der Waals surface area contributed by atoms with Crippen molar-refractivity contribution >= 4 is 35.0 Å². The summed E-state index contributed by atoms with van der Waals surface area (Å²) in [7, 11) is 0. The molecule has 4 nitrogen and oxygen atoms in total. The number of halogens is 2. The van der Waals surface area contributed by atoms with E-state index < -0.39 is 0 Å². The van der Waals surface area contributed by atoms with Crippen molar-refractivity contribution in [2.45, 2.75) is 17.5 Å². The topological polar surface area (TPSA) is 50.8 Å². The summed E-state index contributed by atoms with van der Waals surface area (Å²) in [5, 5.41) is 8.97. The Morgan fingerprint density at radius 1 is 1.09 bits per heavy atom. The van der Waals surface area contributed by atoms with Gasteiger partial charge in [0.2, 0.25) is 5.16 Å². The monoisotopic (exact) mass is 365 g/mol. The van der Waals surface area contributed by atoms with Gasteiger partial charge in [0.15, 0.2) is 5.82 Å². The van der Waals surface area contributed by atoms with Crippen LogP contribution in [0.3, 0.4) is 0 Å². The Morgan fingerprint density at radius 2 is 1.91 bits per heavy atom. The van der Waals surface area contributed by atoms with E-state index >= 15 is 0 Å². The van der Waals surface area contributed by atoms with Crippen molar-refractivity contribution in [3.63, 3.8) is 0 Å². The predicted octanol–water partition coefficient (Wildman–Crippen LogP) is 4.98. The van der Waals surface area contributed by atoms with Gasteiger partial charge in [0.1, 0.15) is 12.4 Å². The molecule has 0 saturated heterocycles. The van der Waals surface area contributed by atoms with E-state index in [-0.39, 0.29) is 0 Å². The van der Waals surface area contributed by atoms with E-state index in [2.05, 4.69) is 15.2 Å². The highest BCUT2D eigenvalue weighted by Crippen LogP contribution is 2.27. The lowest BCUT2D eigenvalue weighted by Crippen LogP contribution is -1.97. The average molecular weight is 366 g/mol. The van der Waals surface area contributed by atoms with E-state index in [4.69, 9.17) is 27.9 Å². The van der Waals surface area contributed by atoms with Crippen molar-refractivity contribution in [1.29, 1.82) is 0 Å². The first-order valence-electron chi connectivity index (χ1n) is 6.86. The minimum absolute atomic E-state index is 0.347. The lowest BCUT2D eigenvalue weighted by molar-refractivity contribution is 0.296. The fraction of sp³-hybridized carbons (Fsp3) is 0.125. The van der Waals surface area contributed by atoms with E-state index in [0.717, 1.165) is 11.3 Å². The summed E-state index contributed by atoms with van der Waals surface area (Å²) >= 11 is 13.5. The molecule has 23 heavy (non-hydrogen) atoms. The summed E-state index contributed by atoms with van der Waals surface area (Å²) in [6, 6.07) is 15.0. The summed E-state index contributed by atoms with van der Waals surface area (Å²) in [6.07, 6.45) is 0. The van der Waals surface area contributed by atoms with Crippen LogP contribution in [0.5, 0.6) is 5.75 Å². The Bertz CT molecular complexity index is 780. The van der Waals surface area contributed by atoms with Crippen molar-refractivity contribution < 1.29 is 4.74 Å². The SMILES string of the molecule is Clc1ccc(CSc2n[nH]c(COc3ccccc3)n2)c(Cl)c1. The Balaban J connectivity index is 1.55. The minimum Gasteiger partial charge on any atom is -0.486 e. The zero-order valence-electron chi connectivity index (χ0n) is 12.0. The lowest BCUT2D eigenvalue weighted by atomic mass is 10.2. The fourth-order valence-corrected chi connectivity index (χ4v) is 3.23. The number of nitrogens with zero attached hydrogens (tertiary/aromatic N) is 2. The summed E-state index contributed by atoms with van der Waals surface area (Å²) in [5.74, 6) is 2.15. The van der Waals surface area contributed by atoms with Crippen LogP contribution in [0.25, 0.3) is 0 Å². The van der Waals surface area contributed by atoms with E-state index in [1.165, 1.54) is 11.8 Å². The highest BCUT2D eigenvalue weighted by Gasteiger charge is 2.07. The van der Waals surface area contributed by atoms with Gasteiger partial charge in [0.05, 0.1) is 0 Å². The molecular weight excluding hydrogens is 353 g/mol. The highest BCUT2D eigenvalue weighted by atomic mass is 35.5. The fourth-order valence-electron chi connectivity index (χ4n) is 1.86. The molecule has 0 aliphatic carbocycles. The standard InChI is InChI=1S/C16H13Cl2N3OS/c17-12-7-6-11(14(18)8-12)10-23-16-19-15(20-21-16)9-22-13-4-2-1-3-5-13/h1-8H,9-10H2,(H,19,20,21). The van der Waals surface area contributed by atoms with Crippen LogP contribution in [-0.4, -0.2) is 15.2 Å². The van der Waals surface area contributed by atoms with Gasteiger partial charge < -0.3 is 4.74 Å². The molecule has 0 atom stereocenters. The first-order chi connectivity index (χ1) is 11.2. The van der Waals surface area contributed by atoms with Crippen LogP contribution < -0.4 is 4.74 Å². The van der Waals surface area contributed by atoms with E-state index in [1.54, 1.807) is 6.07 Å². The van der Waals surface area contributed by atoms with Crippen molar-refractivity contribution in [3.8, 4) is 5.75 Å². The third kappa shape index (κ3) is 4.64. The minimum atomic E-state index is 0.347. The number of thioether (sulfide) groups is 1. The molecule has 1 heterocycles. The van der Waals surface area contributed by atoms with E-state index in [9.17, 15) is 0 Å². The van der Waals surface area contributed by atoms with Crippen LogP contribution in [-0.2, 0) is 12.4 Å². The molecule has 3 aromatic rings. The zero-order valence-corrected chi connectivity index (χ0v) is 14.3. The van der Waals surface area contributed by atoms with Crippen LogP contribution in [0, 0.1) is 0 Å². The van der Waals surface area contributed by atoms with Crippen molar-refractivity contribution in [2.24, 2.45) is 0 Å². The maximum Gasteiger partial charge on any atom is 0.208 e. The summed E-state index contributed by atoms with van der Waals surface area (Å²) in [5.41, 5.74) is 0.993. The summed E-state index contributed by atoms with van der Waals surface area (Å²) in [6.45, 7) is 0.347. The molecule has 0 amide bonds. The molecule has 0 aliphatic heterocycles. The van der Waals surface area contributed by atoms with Gasteiger partial charge in [-0.25, -0.2) is 4.98 Å². The molecule has 0 radical (unpaired) electrons. The molecule has 0 bridgehead atoms. The molecule has 0 aliphatic rings. The average Bonchev–Trinajstić information content (AvgIpc) is 3.01. The van der Waals surface area contributed by atoms with E-state index in [1.807, 2.05) is 42.5 Å². The number of aromatic amines is 1. The Hall–Kier alpha value is -1.69. The van der Waals surface area contributed by atoms with Crippen molar-refractivity contribution in [1.82, 2.24) is 15.2 Å². The predicted molar refractivity (Wildman–Crippen MR) is 93.2 cm³/mol. The summed E-state index contributed by atoms with van der Waals surface area (Å²) in [4.78, 5) is 4.39. The second-order valence-corrected chi connectivity index (χ2v) is 6.48. The molecule has 0 spiro atoms. The van der Waals surface area contributed by atoms with Gasteiger partial charge in [-0.1, -0.05) is 59.2 Å². The number of ether oxygens (including phenoxy) is 1. The number of para-hydroxylation sites is 1. The van der Waals surface area contributed by atoms with Gasteiger partial charge in [0.25, 0.3) is 0 Å². The number of H-pyrrole nitrogens is 1.